The molecule has 0 radical (unpaired) electrons. The van der Waals surface area contributed by atoms with Gasteiger partial charge in [-0.25, -0.2) is 15.0 Å². The van der Waals surface area contributed by atoms with Crippen LogP contribution in [0, 0.1) is 0 Å². The van der Waals surface area contributed by atoms with Gasteiger partial charge in [0.1, 0.15) is 0 Å². The SMILES string of the molecule is c1ccc(-c2nc(-c3ccc(-c4ccc5ccccc5c4)cc3)nc(-c3cc4ccccc4c4sc5ccc6ccccc6c5c34)n2)cc1. The third-order valence-corrected chi connectivity index (χ3v) is 10.7. The molecule has 3 nitrogen and oxygen atoms in total. The Hall–Kier alpha value is -6.23. The Bertz CT molecular complexity index is 2870. The molecule has 0 bridgehead atoms. The van der Waals surface area contributed by atoms with Gasteiger partial charge >= 0.3 is 0 Å². The van der Waals surface area contributed by atoms with Gasteiger partial charge in [-0.05, 0) is 61.6 Å². The fourth-order valence-electron chi connectivity index (χ4n) is 7.07. The van der Waals surface area contributed by atoms with Gasteiger partial charge in [0.05, 0.1) is 0 Å². The lowest BCUT2D eigenvalue weighted by Gasteiger charge is -2.12. The molecule has 0 fully saturated rings. The average molecular weight is 642 g/mol. The number of rotatable bonds is 4. The first kappa shape index (κ1) is 27.8. The van der Waals surface area contributed by atoms with Gasteiger partial charge in [0.15, 0.2) is 17.5 Å². The summed E-state index contributed by atoms with van der Waals surface area (Å²) in [5.74, 6) is 1.98. The summed E-state index contributed by atoms with van der Waals surface area (Å²) in [5.41, 5.74) is 5.26. The molecule has 0 amide bonds. The maximum absolute atomic E-state index is 5.25. The summed E-state index contributed by atoms with van der Waals surface area (Å²) in [6.45, 7) is 0. The summed E-state index contributed by atoms with van der Waals surface area (Å²) in [5, 5.41) is 9.79. The Labute approximate surface area is 286 Å². The van der Waals surface area contributed by atoms with Crippen LogP contribution in [0.2, 0.25) is 0 Å². The largest absolute Gasteiger partial charge is 0.208 e. The molecule has 49 heavy (non-hydrogen) atoms. The molecular formula is C45H27N3S. The highest BCUT2D eigenvalue weighted by Crippen LogP contribution is 2.46. The molecule has 0 aliphatic carbocycles. The Morgan fingerprint density at radius 1 is 0.347 bits per heavy atom. The van der Waals surface area contributed by atoms with Gasteiger partial charge < -0.3 is 0 Å². The summed E-state index contributed by atoms with van der Waals surface area (Å²) in [4.78, 5) is 15.5. The molecule has 4 heteroatoms. The van der Waals surface area contributed by atoms with Crippen LogP contribution >= 0.6 is 11.3 Å². The number of nitrogens with zero attached hydrogens (tertiary/aromatic N) is 3. The fraction of sp³-hybridized carbons (Fsp3) is 0. The van der Waals surface area contributed by atoms with Crippen molar-refractivity contribution in [2.45, 2.75) is 0 Å². The lowest BCUT2D eigenvalue weighted by Crippen LogP contribution is -2.00. The van der Waals surface area contributed by atoms with Gasteiger partial charge in [0, 0.05) is 36.9 Å². The number of thiophene rings is 1. The molecule has 10 rings (SSSR count). The molecule has 0 atom stereocenters. The van der Waals surface area contributed by atoms with Crippen molar-refractivity contribution in [2.24, 2.45) is 0 Å². The fourth-order valence-corrected chi connectivity index (χ4v) is 8.35. The first-order chi connectivity index (χ1) is 24.3. The molecule has 10 aromatic rings. The minimum absolute atomic E-state index is 0.652. The van der Waals surface area contributed by atoms with Crippen molar-refractivity contribution in [2.75, 3.05) is 0 Å². The van der Waals surface area contributed by atoms with Crippen molar-refractivity contribution in [1.82, 2.24) is 15.0 Å². The molecule has 0 unspecified atom stereocenters. The Balaban J connectivity index is 1.21. The molecule has 0 aliphatic rings. The van der Waals surface area contributed by atoms with Gasteiger partial charge in [0.25, 0.3) is 0 Å². The summed E-state index contributed by atoms with van der Waals surface area (Å²) in [6.07, 6.45) is 0. The molecular weight excluding hydrogens is 615 g/mol. The van der Waals surface area contributed by atoms with Crippen LogP contribution in [0.1, 0.15) is 0 Å². The first-order valence-electron chi connectivity index (χ1n) is 16.4. The van der Waals surface area contributed by atoms with Crippen LogP contribution in [-0.4, -0.2) is 15.0 Å². The van der Waals surface area contributed by atoms with Crippen molar-refractivity contribution < 1.29 is 0 Å². The quantitative estimate of drug-likeness (QED) is 0.192. The molecule has 0 saturated carbocycles. The van der Waals surface area contributed by atoms with Crippen molar-refractivity contribution in [3.63, 3.8) is 0 Å². The van der Waals surface area contributed by atoms with Crippen LogP contribution in [0.15, 0.2) is 164 Å². The first-order valence-corrected chi connectivity index (χ1v) is 17.3. The topological polar surface area (TPSA) is 38.7 Å². The number of hydrogen-bond donors (Lipinski definition) is 0. The number of fused-ring (bicyclic) bond motifs is 8. The normalized spacial score (nSPS) is 11.7. The van der Waals surface area contributed by atoms with E-state index in [1.54, 1.807) is 0 Å². The minimum atomic E-state index is 0.652. The molecule has 228 valence electrons. The standard InChI is InChI=1S/C45H27N3S/c1-2-12-31(13-3-1)43-46-44(32-21-18-29(19-22-32)34-23-20-28-10-4-5-14-33(28)26-34)48-45(47-43)38-27-35-15-7-9-17-37(35)42-41(38)40-36-16-8-6-11-30(36)24-25-39(40)49-42/h1-27H. The van der Waals surface area contributed by atoms with E-state index in [1.807, 2.05) is 29.5 Å². The summed E-state index contributed by atoms with van der Waals surface area (Å²) >= 11 is 1.84. The second kappa shape index (κ2) is 11.2. The summed E-state index contributed by atoms with van der Waals surface area (Å²) in [7, 11) is 0. The van der Waals surface area contributed by atoms with E-state index in [0.29, 0.717) is 17.5 Å². The van der Waals surface area contributed by atoms with E-state index in [9.17, 15) is 0 Å². The second-order valence-corrected chi connectivity index (χ2v) is 13.5. The average Bonchev–Trinajstić information content (AvgIpc) is 3.58. The molecule has 0 aliphatic heterocycles. The smallest absolute Gasteiger partial charge is 0.164 e. The Morgan fingerprint density at radius 2 is 0.918 bits per heavy atom. The highest BCUT2D eigenvalue weighted by Gasteiger charge is 2.20. The maximum Gasteiger partial charge on any atom is 0.164 e. The van der Waals surface area contributed by atoms with Crippen molar-refractivity contribution in [3.05, 3.63) is 164 Å². The predicted octanol–water partition coefficient (Wildman–Crippen LogP) is 12.4. The van der Waals surface area contributed by atoms with Gasteiger partial charge in [-0.1, -0.05) is 146 Å². The third-order valence-electron chi connectivity index (χ3n) is 9.49. The van der Waals surface area contributed by atoms with Crippen molar-refractivity contribution in [1.29, 1.82) is 0 Å². The number of hydrogen-bond acceptors (Lipinski definition) is 4. The molecule has 0 N–H and O–H groups in total. The molecule has 2 heterocycles. The zero-order valence-electron chi connectivity index (χ0n) is 26.3. The Kier molecular flexibility index (Phi) is 6.36. The van der Waals surface area contributed by atoms with Crippen molar-refractivity contribution >= 4 is 63.8 Å². The number of aromatic nitrogens is 3. The van der Waals surface area contributed by atoms with Gasteiger partial charge in [-0.3, -0.25) is 0 Å². The van der Waals surface area contributed by atoms with Crippen LogP contribution in [0.3, 0.4) is 0 Å². The van der Waals surface area contributed by atoms with Gasteiger partial charge in [-0.15, -0.1) is 11.3 Å². The van der Waals surface area contributed by atoms with E-state index in [0.717, 1.165) is 22.3 Å². The number of benzene rings is 8. The highest BCUT2D eigenvalue weighted by atomic mass is 32.1. The van der Waals surface area contributed by atoms with Crippen LogP contribution < -0.4 is 0 Å². The van der Waals surface area contributed by atoms with E-state index in [1.165, 1.54) is 58.1 Å². The summed E-state index contributed by atoms with van der Waals surface area (Å²) in [6, 6.07) is 57.9. The molecule has 0 spiro atoms. The Morgan fingerprint density at radius 3 is 1.71 bits per heavy atom. The van der Waals surface area contributed by atoms with Crippen LogP contribution in [0.25, 0.3) is 97.8 Å². The molecule has 0 saturated heterocycles. The molecule has 2 aromatic heterocycles. The van der Waals surface area contributed by atoms with E-state index < -0.39 is 0 Å². The predicted molar refractivity (Wildman–Crippen MR) is 207 cm³/mol. The monoisotopic (exact) mass is 641 g/mol. The zero-order chi connectivity index (χ0) is 32.3. The van der Waals surface area contributed by atoms with E-state index in [4.69, 9.17) is 15.0 Å². The van der Waals surface area contributed by atoms with Crippen LogP contribution in [0.4, 0.5) is 0 Å². The van der Waals surface area contributed by atoms with Crippen LogP contribution in [0.5, 0.6) is 0 Å². The molecule has 8 aromatic carbocycles. The van der Waals surface area contributed by atoms with Crippen LogP contribution in [-0.2, 0) is 0 Å². The van der Waals surface area contributed by atoms with E-state index >= 15 is 0 Å². The zero-order valence-corrected chi connectivity index (χ0v) is 27.2. The second-order valence-electron chi connectivity index (χ2n) is 12.4. The van der Waals surface area contributed by atoms with E-state index in [-0.39, 0.29) is 0 Å². The summed E-state index contributed by atoms with van der Waals surface area (Å²) < 4.78 is 2.51. The minimum Gasteiger partial charge on any atom is -0.208 e. The van der Waals surface area contributed by atoms with E-state index in [2.05, 4.69) is 146 Å². The van der Waals surface area contributed by atoms with Crippen molar-refractivity contribution in [3.8, 4) is 45.3 Å². The third kappa shape index (κ3) is 4.68. The van der Waals surface area contributed by atoms with Gasteiger partial charge in [-0.2, -0.15) is 0 Å². The highest BCUT2D eigenvalue weighted by molar-refractivity contribution is 7.27. The maximum atomic E-state index is 5.25. The lowest BCUT2D eigenvalue weighted by atomic mass is 9.97. The lowest BCUT2D eigenvalue weighted by molar-refractivity contribution is 1.08. The van der Waals surface area contributed by atoms with Gasteiger partial charge in [0.2, 0.25) is 0 Å².